The average Bonchev–Trinajstić information content (AvgIpc) is 2.39. The first kappa shape index (κ1) is 11.3. The van der Waals surface area contributed by atoms with Crippen LogP contribution in [0.4, 0.5) is 4.79 Å². The first-order valence-corrected chi connectivity index (χ1v) is 5.57. The van der Waals surface area contributed by atoms with Gasteiger partial charge in [-0.15, -0.1) is 0 Å². The van der Waals surface area contributed by atoms with Crippen LogP contribution in [0.2, 0.25) is 0 Å². The molecule has 0 aromatic carbocycles. The number of carbonyl (C=O) groups is 1. The van der Waals surface area contributed by atoms with E-state index < -0.39 is 0 Å². The van der Waals surface area contributed by atoms with E-state index in [4.69, 9.17) is 4.74 Å². The topological polar surface area (TPSA) is 38.3 Å². The van der Waals surface area contributed by atoms with Crippen molar-refractivity contribution in [2.24, 2.45) is 11.8 Å². The third-order valence-electron chi connectivity index (χ3n) is 3.03. The molecule has 1 rings (SSSR count). The van der Waals surface area contributed by atoms with Gasteiger partial charge < -0.3 is 10.1 Å². The lowest BCUT2D eigenvalue weighted by molar-refractivity contribution is 0.124. The van der Waals surface area contributed by atoms with Crippen LogP contribution in [0, 0.1) is 11.8 Å². The Hall–Kier alpha value is -0.730. The molecule has 0 heterocycles. The third-order valence-corrected chi connectivity index (χ3v) is 3.03. The van der Waals surface area contributed by atoms with Gasteiger partial charge in [0.15, 0.2) is 0 Å². The Morgan fingerprint density at radius 1 is 1.36 bits per heavy atom. The van der Waals surface area contributed by atoms with Crippen LogP contribution in [-0.2, 0) is 4.74 Å². The quantitative estimate of drug-likeness (QED) is 0.694. The predicted octanol–water partition coefficient (Wildman–Crippen LogP) is 2.56. The minimum absolute atomic E-state index is 0.303. The van der Waals surface area contributed by atoms with Gasteiger partial charge >= 0.3 is 6.09 Å². The van der Waals surface area contributed by atoms with E-state index in [9.17, 15) is 4.79 Å². The number of amides is 1. The molecule has 0 aliphatic heterocycles. The molecule has 0 aromatic rings. The summed E-state index contributed by atoms with van der Waals surface area (Å²) in [7, 11) is 1.59. The highest BCUT2D eigenvalue weighted by atomic mass is 16.5. The molecule has 3 nitrogen and oxygen atoms in total. The van der Waals surface area contributed by atoms with Crippen molar-refractivity contribution in [3.05, 3.63) is 0 Å². The molecule has 2 unspecified atom stereocenters. The van der Waals surface area contributed by atoms with E-state index in [1.165, 1.54) is 32.1 Å². The Kier molecular flexibility index (Phi) is 4.77. The molecule has 14 heavy (non-hydrogen) atoms. The van der Waals surface area contributed by atoms with Crippen molar-refractivity contribution in [3.63, 3.8) is 0 Å². The van der Waals surface area contributed by atoms with Crippen LogP contribution >= 0.6 is 0 Å². The van der Waals surface area contributed by atoms with Gasteiger partial charge in [0, 0.05) is 7.05 Å². The van der Waals surface area contributed by atoms with Gasteiger partial charge in [-0.2, -0.15) is 0 Å². The minimum Gasteiger partial charge on any atom is -0.449 e. The van der Waals surface area contributed by atoms with Crippen LogP contribution in [0.5, 0.6) is 0 Å². The SMILES string of the molecule is CNC(=O)OCC1CCCC(C)CC1. The maximum atomic E-state index is 10.9. The first-order chi connectivity index (χ1) is 6.72. The maximum absolute atomic E-state index is 10.9. The molecule has 0 saturated heterocycles. The van der Waals surface area contributed by atoms with Crippen LogP contribution in [0.3, 0.4) is 0 Å². The standard InChI is InChI=1S/C11H21NO2/c1-9-4-3-5-10(7-6-9)8-14-11(13)12-2/h9-10H,3-8H2,1-2H3,(H,12,13). The van der Waals surface area contributed by atoms with Crippen LogP contribution < -0.4 is 5.32 Å². The molecule has 0 aromatic heterocycles. The monoisotopic (exact) mass is 199 g/mol. The third kappa shape index (κ3) is 3.99. The van der Waals surface area contributed by atoms with Crippen molar-refractivity contribution in [3.8, 4) is 0 Å². The highest BCUT2D eigenvalue weighted by Gasteiger charge is 2.17. The van der Waals surface area contributed by atoms with Crippen molar-refractivity contribution in [2.75, 3.05) is 13.7 Å². The van der Waals surface area contributed by atoms with E-state index in [1.807, 2.05) is 0 Å². The van der Waals surface area contributed by atoms with Crippen LogP contribution in [0.1, 0.15) is 39.0 Å². The Morgan fingerprint density at radius 3 is 2.86 bits per heavy atom. The summed E-state index contributed by atoms with van der Waals surface area (Å²) in [5, 5.41) is 2.47. The van der Waals surface area contributed by atoms with Crippen LogP contribution in [-0.4, -0.2) is 19.7 Å². The summed E-state index contributed by atoms with van der Waals surface area (Å²) < 4.78 is 5.07. The number of hydrogen-bond acceptors (Lipinski definition) is 2. The first-order valence-electron chi connectivity index (χ1n) is 5.57. The summed E-state index contributed by atoms with van der Waals surface area (Å²) in [6.07, 6.45) is 6.00. The van der Waals surface area contributed by atoms with Gasteiger partial charge in [0.25, 0.3) is 0 Å². The molecule has 0 spiro atoms. The van der Waals surface area contributed by atoms with Gasteiger partial charge in [-0.3, -0.25) is 0 Å². The lowest BCUT2D eigenvalue weighted by Gasteiger charge is -2.13. The van der Waals surface area contributed by atoms with Gasteiger partial charge in [-0.25, -0.2) is 4.79 Å². The molecule has 1 amide bonds. The summed E-state index contributed by atoms with van der Waals surface area (Å²) in [4.78, 5) is 10.9. The van der Waals surface area contributed by atoms with E-state index in [-0.39, 0.29) is 6.09 Å². The van der Waals surface area contributed by atoms with E-state index >= 15 is 0 Å². The molecule has 82 valence electrons. The predicted molar refractivity (Wildman–Crippen MR) is 56.1 cm³/mol. The van der Waals surface area contributed by atoms with Gasteiger partial charge in [0.2, 0.25) is 0 Å². The van der Waals surface area contributed by atoms with Crippen molar-refractivity contribution in [1.29, 1.82) is 0 Å². The van der Waals surface area contributed by atoms with Gasteiger partial charge in [-0.05, 0) is 24.7 Å². The number of rotatable bonds is 2. The summed E-state index contributed by atoms with van der Waals surface area (Å²) in [6.45, 7) is 2.90. The number of ether oxygens (including phenoxy) is 1. The minimum atomic E-state index is -0.303. The Bertz CT molecular complexity index is 182. The molecule has 3 heteroatoms. The molecule has 2 atom stereocenters. The lowest BCUT2D eigenvalue weighted by atomic mass is 10.0. The number of alkyl carbamates (subject to hydrolysis) is 1. The maximum Gasteiger partial charge on any atom is 0.406 e. The number of nitrogens with one attached hydrogen (secondary N) is 1. The van der Waals surface area contributed by atoms with Crippen molar-refractivity contribution in [2.45, 2.75) is 39.0 Å². The molecule has 0 bridgehead atoms. The molecule has 1 aliphatic carbocycles. The highest BCUT2D eigenvalue weighted by Crippen LogP contribution is 2.26. The average molecular weight is 199 g/mol. The van der Waals surface area contributed by atoms with Crippen LogP contribution in [0.25, 0.3) is 0 Å². The lowest BCUT2D eigenvalue weighted by Crippen LogP contribution is -2.22. The fraction of sp³-hybridized carbons (Fsp3) is 0.909. The molecule has 0 radical (unpaired) electrons. The highest BCUT2D eigenvalue weighted by molar-refractivity contribution is 5.66. The smallest absolute Gasteiger partial charge is 0.406 e. The van der Waals surface area contributed by atoms with Crippen molar-refractivity contribution >= 4 is 6.09 Å². The van der Waals surface area contributed by atoms with Crippen LogP contribution in [0.15, 0.2) is 0 Å². The van der Waals surface area contributed by atoms with E-state index in [2.05, 4.69) is 12.2 Å². The second kappa shape index (κ2) is 5.89. The molecule has 1 N–H and O–H groups in total. The van der Waals surface area contributed by atoms with Gasteiger partial charge in [0.1, 0.15) is 0 Å². The summed E-state index contributed by atoms with van der Waals surface area (Å²) >= 11 is 0. The Labute approximate surface area is 86.2 Å². The largest absolute Gasteiger partial charge is 0.449 e. The zero-order valence-electron chi connectivity index (χ0n) is 9.21. The van der Waals surface area contributed by atoms with E-state index in [1.54, 1.807) is 7.05 Å². The second-order valence-corrected chi connectivity index (χ2v) is 4.33. The molecular weight excluding hydrogens is 178 g/mol. The number of hydrogen-bond donors (Lipinski definition) is 1. The fourth-order valence-corrected chi connectivity index (χ4v) is 2.00. The zero-order chi connectivity index (χ0) is 10.4. The normalized spacial score (nSPS) is 27.9. The molecular formula is C11H21NO2. The van der Waals surface area contributed by atoms with Crippen molar-refractivity contribution < 1.29 is 9.53 Å². The van der Waals surface area contributed by atoms with E-state index in [0.717, 1.165) is 5.92 Å². The van der Waals surface area contributed by atoms with Crippen molar-refractivity contribution in [1.82, 2.24) is 5.32 Å². The van der Waals surface area contributed by atoms with Gasteiger partial charge in [0.05, 0.1) is 6.61 Å². The van der Waals surface area contributed by atoms with E-state index in [0.29, 0.717) is 12.5 Å². The van der Waals surface area contributed by atoms with Gasteiger partial charge in [-0.1, -0.05) is 26.2 Å². The zero-order valence-corrected chi connectivity index (χ0v) is 9.21. The summed E-state index contributed by atoms with van der Waals surface area (Å²) in [5.74, 6) is 1.43. The second-order valence-electron chi connectivity index (χ2n) is 4.33. The Balaban J connectivity index is 2.20. The Morgan fingerprint density at radius 2 is 2.14 bits per heavy atom. The number of carbonyl (C=O) groups excluding carboxylic acids is 1. The molecule has 1 saturated carbocycles. The molecule has 1 fully saturated rings. The summed E-state index contributed by atoms with van der Waals surface area (Å²) in [5.41, 5.74) is 0. The molecule has 1 aliphatic rings. The fourth-order valence-electron chi connectivity index (χ4n) is 2.00. The summed E-state index contributed by atoms with van der Waals surface area (Å²) in [6, 6.07) is 0.